The van der Waals surface area contributed by atoms with E-state index in [4.69, 9.17) is 4.74 Å². The van der Waals surface area contributed by atoms with Gasteiger partial charge in [0.1, 0.15) is 0 Å². The molecule has 2 N–H and O–H groups in total. The van der Waals surface area contributed by atoms with E-state index in [2.05, 4.69) is 5.32 Å². The zero-order valence-electron chi connectivity index (χ0n) is 14.9. The molecule has 25 heavy (non-hydrogen) atoms. The molecule has 1 aromatic carbocycles. The first-order valence-corrected chi connectivity index (χ1v) is 8.69. The molecule has 3 rings (SSSR count). The maximum Gasteiger partial charge on any atom is 0.322 e. The van der Waals surface area contributed by atoms with Gasteiger partial charge in [-0.3, -0.25) is 9.59 Å². The Balaban J connectivity index is 2.07. The second-order valence-electron chi connectivity index (χ2n) is 7.14. The Kier molecular flexibility index (Phi) is 4.69. The summed E-state index contributed by atoms with van der Waals surface area (Å²) in [6.07, 6.45) is 2.51. The van der Waals surface area contributed by atoms with Crippen LogP contribution in [0.2, 0.25) is 0 Å². The topological polar surface area (TPSA) is 75.6 Å². The summed E-state index contributed by atoms with van der Waals surface area (Å²) in [6, 6.07) is 9.74. The van der Waals surface area contributed by atoms with Crippen LogP contribution in [0.4, 0.5) is 0 Å². The van der Waals surface area contributed by atoms with Crippen molar-refractivity contribution in [3.8, 4) is 0 Å². The van der Waals surface area contributed by atoms with Crippen molar-refractivity contribution in [3.05, 3.63) is 47.5 Å². The number of carbonyl (C=O) groups is 2. The molecule has 0 spiro atoms. The van der Waals surface area contributed by atoms with Crippen molar-refractivity contribution >= 4 is 11.9 Å². The highest BCUT2D eigenvalue weighted by molar-refractivity contribution is 6.06. The van der Waals surface area contributed by atoms with Crippen LogP contribution in [0.1, 0.15) is 19.4 Å². The van der Waals surface area contributed by atoms with Gasteiger partial charge in [-0.05, 0) is 24.8 Å². The molecular formula is C20H25NO4. The third-order valence-corrected chi connectivity index (χ3v) is 5.98. The lowest BCUT2D eigenvalue weighted by atomic mass is 9.57. The molecule has 5 atom stereocenters. The van der Waals surface area contributed by atoms with Gasteiger partial charge in [0.25, 0.3) is 0 Å². The molecule has 1 saturated heterocycles. The second kappa shape index (κ2) is 6.64. The fourth-order valence-electron chi connectivity index (χ4n) is 4.68. The molecule has 5 heteroatoms. The number of nitrogens with one attached hydrogen (secondary N) is 1. The lowest BCUT2D eigenvalue weighted by Crippen LogP contribution is -2.54. The van der Waals surface area contributed by atoms with Gasteiger partial charge in [0.2, 0.25) is 5.91 Å². The molecule has 1 aliphatic carbocycles. The molecule has 1 aromatic rings. The minimum absolute atomic E-state index is 0.0366. The largest absolute Gasteiger partial charge is 0.468 e. The predicted molar refractivity (Wildman–Crippen MR) is 93.5 cm³/mol. The van der Waals surface area contributed by atoms with Gasteiger partial charge in [-0.1, -0.05) is 48.9 Å². The third-order valence-electron chi connectivity index (χ3n) is 5.98. The number of hydrogen-bond donors (Lipinski definition) is 2. The van der Waals surface area contributed by atoms with E-state index in [1.165, 1.54) is 7.11 Å². The quantitative estimate of drug-likeness (QED) is 0.496. The summed E-state index contributed by atoms with van der Waals surface area (Å²) in [5.41, 5.74) is 0.841. The Morgan fingerprint density at radius 1 is 1.32 bits per heavy atom. The minimum atomic E-state index is -1.36. The molecule has 1 amide bonds. The molecular weight excluding hydrogens is 318 g/mol. The highest BCUT2D eigenvalue weighted by Gasteiger charge is 2.67. The lowest BCUT2D eigenvalue weighted by molar-refractivity contribution is -0.166. The first-order chi connectivity index (χ1) is 12.0. The summed E-state index contributed by atoms with van der Waals surface area (Å²) in [5.74, 6) is -1.67. The van der Waals surface area contributed by atoms with Crippen molar-refractivity contribution < 1.29 is 19.4 Å². The van der Waals surface area contributed by atoms with E-state index in [9.17, 15) is 14.7 Å². The first kappa shape index (κ1) is 17.7. The van der Waals surface area contributed by atoms with Gasteiger partial charge < -0.3 is 15.2 Å². The predicted octanol–water partition coefficient (Wildman–Crippen LogP) is 1.71. The Labute approximate surface area is 148 Å². The lowest BCUT2D eigenvalue weighted by Gasteiger charge is -2.43. The number of fused-ring (bicyclic) bond motifs is 1. The van der Waals surface area contributed by atoms with Crippen LogP contribution < -0.4 is 5.32 Å². The molecule has 1 heterocycles. The zero-order chi connectivity index (χ0) is 18.2. The first-order valence-electron chi connectivity index (χ1n) is 8.69. The Morgan fingerprint density at radius 2 is 2.00 bits per heavy atom. The summed E-state index contributed by atoms with van der Waals surface area (Å²) in [4.78, 5) is 25.8. The maximum absolute atomic E-state index is 13.0. The maximum atomic E-state index is 13.0. The number of rotatable bonds is 4. The molecule has 0 saturated carbocycles. The molecule has 1 aliphatic heterocycles. The van der Waals surface area contributed by atoms with E-state index in [1.807, 2.05) is 50.3 Å². The summed E-state index contributed by atoms with van der Waals surface area (Å²) in [7, 11) is 1.30. The molecule has 1 fully saturated rings. The van der Waals surface area contributed by atoms with Gasteiger partial charge in [0, 0.05) is 17.9 Å². The van der Waals surface area contributed by atoms with Crippen molar-refractivity contribution in [2.45, 2.75) is 26.3 Å². The number of aliphatic hydroxyl groups is 1. The average molecular weight is 343 g/mol. The monoisotopic (exact) mass is 343 g/mol. The van der Waals surface area contributed by atoms with Gasteiger partial charge in [-0.2, -0.15) is 0 Å². The van der Waals surface area contributed by atoms with Crippen molar-refractivity contribution in [1.82, 2.24) is 5.32 Å². The number of benzene rings is 1. The van der Waals surface area contributed by atoms with Crippen LogP contribution in [0.15, 0.2) is 42.0 Å². The van der Waals surface area contributed by atoms with Gasteiger partial charge in [-0.15, -0.1) is 0 Å². The molecule has 5 unspecified atom stereocenters. The number of methoxy groups -OCH3 is 1. The summed E-state index contributed by atoms with van der Waals surface area (Å²) < 4.78 is 5.04. The van der Waals surface area contributed by atoms with E-state index < -0.39 is 17.3 Å². The second-order valence-corrected chi connectivity index (χ2v) is 7.14. The Morgan fingerprint density at radius 3 is 2.60 bits per heavy atom. The number of esters is 1. The number of ether oxygens (including phenoxy) is 1. The highest BCUT2D eigenvalue weighted by Crippen LogP contribution is 2.53. The van der Waals surface area contributed by atoms with Crippen molar-refractivity contribution in [2.24, 2.45) is 23.2 Å². The van der Waals surface area contributed by atoms with Crippen molar-refractivity contribution in [3.63, 3.8) is 0 Å². The molecule has 134 valence electrons. The summed E-state index contributed by atoms with van der Waals surface area (Å²) >= 11 is 0. The number of carbonyl (C=O) groups excluding carboxylic acids is 2. The number of hydrogen-bond acceptors (Lipinski definition) is 4. The normalized spacial score (nSPS) is 34.1. The molecule has 2 aliphatic rings. The third kappa shape index (κ3) is 2.58. The van der Waals surface area contributed by atoms with Crippen LogP contribution in [-0.4, -0.2) is 36.7 Å². The Bertz CT molecular complexity index is 699. The van der Waals surface area contributed by atoms with Gasteiger partial charge in [0.15, 0.2) is 5.41 Å². The summed E-state index contributed by atoms with van der Waals surface area (Å²) in [5, 5.41) is 12.9. The van der Waals surface area contributed by atoms with Crippen LogP contribution in [-0.2, 0) is 20.7 Å². The van der Waals surface area contributed by atoms with Crippen LogP contribution in [0.5, 0.6) is 0 Å². The molecule has 0 radical (unpaired) electrons. The standard InChI is InChI=1S/C20H25NO4/c1-12-9-15(11-22)20(19(24)25-3)17(13(12)2)16(21-18(20)23)10-14-7-5-4-6-8-14/h4-9,13,15-17,22H,10-11H2,1-3H3,(H,21,23). The van der Waals surface area contributed by atoms with E-state index in [-0.39, 0.29) is 30.4 Å². The highest BCUT2D eigenvalue weighted by atomic mass is 16.5. The van der Waals surface area contributed by atoms with E-state index in [0.717, 1.165) is 11.1 Å². The SMILES string of the molecule is COC(=O)C12C(=O)NC(Cc3ccccc3)C1C(C)C(C)=CC2CO. The molecule has 0 bridgehead atoms. The van der Waals surface area contributed by atoms with E-state index in [0.29, 0.717) is 6.42 Å². The van der Waals surface area contributed by atoms with Gasteiger partial charge in [0.05, 0.1) is 13.7 Å². The van der Waals surface area contributed by atoms with E-state index in [1.54, 1.807) is 0 Å². The van der Waals surface area contributed by atoms with Gasteiger partial charge in [-0.25, -0.2) is 0 Å². The fourth-order valence-corrected chi connectivity index (χ4v) is 4.68. The smallest absolute Gasteiger partial charge is 0.322 e. The Hall–Kier alpha value is -2.14. The number of allylic oxidation sites excluding steroid dienone is 1. The van der Waals surface area contributed by atoms with Crippen LogP contribution in [0.25, 0.3) is 0 Å². The number of amides is 1. The van der Waals surface area contributed by atoms with Crippen LogP contribution in [0.3, 0.4) is 0 Å². The summed E-state index contributed by atoms with van der Waals surface area (Å²) in [6.45, 7) is 3.78. The van der Waals surface area contributed by atoms with Crippen molar-refractivity contribution in [2.75, 3.05) is 13.7 Å². The van der Waals surface area contributed by atoms with Crippen molar-refractivity contribution in [1.29, 1.82) is 0 Å². The van der Waals surface area contributed by atoms with Crippen LogP contribution >= 0.6 is 0 Å². The molecule has 5 nitrogen and oxygen atoms in total. The zero-order valence-corrected chi connectivity index (χ0v) is 14.9. The van der Waals surface area contributed by atoms with Gasteiger partial charge >= 0.3 is 5.97 Å². The van der Waals surface area contributed by atoms with E-state index >= 15 is 0 Å². The molecule has 0 aromatic heterocycles. The van der Waals surface area contributed by atoms with Crippen LogP contribution in [0, 0.1) is 23.2 Å². The average Bonchev–Trinajstić information content (AvgIpc) is 2.91. The fraction of sp³-hybridized carbons (Fsp3) is 0.500. The minimum Gasteiger partial charge on any atom is -0.468 e. The number of aliphatic hydroxyl groups excluding tert-OH is 1.